The Morgan fingerprint density at radius 1 is 0.451 bits per heavy atom. The first-order valence-electron chi connectivity index (χ1n) is 25.9. The minimum Gasteiger partial charge on any atom is -0.454 e. The molecule has 3 aliphatic rings. The van der Waals surface area contributed by atoms with Gasteiger partial charge in [0.1, 0.15) is 5.58 Å². The highest BCUT2D eigenvalue weighted by Crippen LogP contribution is 2.51. The van der Waals surface area contributed by atoms with Crippen molar-refractivity contribution in [3.63, 3.8) is 0 Å². The number of hydrogen-bond acceptors (Lipinski definition) is 3. The van der Waals surface area contributed by atoms with Gasteiger partial charge in [0.2, 0.25) is 0 Å². The fourth-order valence-electron chi connectivity index (χ4n) is 13.2. The lowest BCUT2D eigenvalue weighted by Crippen LogP contribution is -2.33. The predicted molar refractivity (Wildman–Crippen MR) is 306 cm³/mol. The highest BCUT2D eigenvalue weighted by molar-refractivity contribution is 7.26. The lowest BCUT2D eigenvalue weighted by Gasteiger charge is -2.42. The highest BCUT2D eigenvalue weighted by Gasteiger charge is 2.39. The van der Waals surface area contributed by atoms with Gasteiger partial charge in [-0.2, -0.15) is 0 Å². The van der Waals surface area contributed by atoms with Crippen molar-refractivity contribution in [1.82, 2.24) is 4.48 Å². The molecule has 14 rings (SSSR count). The average Bonchev–Trinajstić information content (AvgIpc) is 4.04. The molecule has 0 unspecified atom stereocenters. The number of aromatic nitrogens is 1. The van der Waals surface area contributed by atoms with E-state index >= 15 is 0 Å². The summed E-state index contributed by atoms with van der Waals surface area (Å²) in [5.41, 5.74) is 22.8. The molecule has 0 spiro atoms. The van der Waals surface area contributed by atoms with E-state index in [0.717, 1.165) is 39.0 Å². The molecule has 2 aliphatic carbocycles. The molecule has 0 N–H and O–H groups in total. The van der Waals surface area contributed by atoms with E-state index in [2.05, 4.69) is 222 Å². The van der Waals surface area contributed by atoms with Crippen molar-refractivity contribution in [3.8, 4) is 33.4 Å². The summed E-state index contributed by atoms with van der Waals surface area (Å²) in [6.45, 7) is 19.4. The first-order chi connectivity index (χ1) is 34.1. The Morgan fingerprint density at radius 2 is 1.03 bits per heavy atom. The minimum absolute atomic E-state index is 0.102. The average molecular weight is 939 g/mol. The number of thiophene rings is 1. The molecule has 0 fully saturated rings. The quantitative estimate of drug-likeness (QED) is 0.165. The molecule has 0 saturated heterocycles. The molecular weight excluding hydrogens is 880 g/mol. The number of nitrogens with zero attached hydrogens (tertiary/aromatic N) is 2. The van der Waals surface area contributed by atoms with Gasteiger partial charge in [-0.15, -0.1) is 11.3 Å². The number of benzene rings is 8. The van der Waals surface area contributed by atoms with Crippen LogP contribution < -0.4 is 10.4 Å². The lowest BCUT2D eigenvalue weighted by atomic mass is 9.63. The predicted octanol–water partition coefficient (Wildman–Crippen LogP) is 17.9. The Bertz CT molecular complexity index is 4040. The Morgan fingerprint density at radius 3 is 1.73 bits per heavy atom. The second-order valence-corrected chi connectivity index (χ2v) is 24.9. The van der Waals surface area contributed by atoms with Gasteiger partial charge in [0, 0.05) is 48.7 Å². The maximum Gasteiger partial charge on any atom is 0.278 e. The van der Waals surface area contributed by atoms with Crippen LogP contribution in [0.5, 0.6) is 0 Å². The summed E-state index contributed by atoms with van der Waals surface area (Å²) in [7, 11) is 0.688. The van der Waals surface area contributed by atoms with Gasteiger partial charge in [-0.25, -0.2) is 0 Å². The van der Waals surface area contributed by atoms with Crippen LogP contribution in [0.2, 0.25) is 0 Å². The molecule has 8 aromatic carbocycles. The Hall–Kier alpha value is -6.82. The van der Waals surface area contributed by atoms with Gasteiger partial charge in [-0.3, -0.25) is 0 Å². The van der Waals surface area contributed by atoms with Crippen LogP contribution in [0.25, 0.3) is 86.5 Å². The molecule has 71 heavy (non-hydrogen) atoms. The zero-order valence-electron chi connectivity index (χ0n) is 42.3. The first-order valence-corrected chi connectivity index (χ1v) is 26.7. The molecular formula is C66H59BN2OS. The van der Waals surface area contributed by atoms with E-state index in [0.29, 0.717) is 7.41 Å². The maximum atomic E-state index is 7.04. The molecule has 0 saturated carbocycles. The van der Waals surface area contributed by atoms with Gasteiger partial charge in [-0.05, 0) is 145 Å². The van der Waals surface area contributed by atoms with E-state index in [9.17, 15) is 0 Å². The summed E-state index contributed by atoms with van der Waals surface area (Å²) in [6, 6.07) is 60.5. The molecule has 2 bridgehead atoms. The molecule has 1 aliphatic heterocycles. The first kappa shape index (κ1) is 43.0. The van der Waals surface area contributed by atoms with E-state index in [1.54, 1.807) is 0 Å². The fraction of sp³-hybridized carbons (Fsp3) is 0.242. The Balaban J connectivity index is 1.04. The number of para-hydroxylation sites is 2. The third-order valence-corrected chi connectivity index (χ3v) is 18.7. The van der Waals surface area contributed by atoms with E-state index in [-0.39, 0.29) is 21.7 Å². The molecule has 0 amide bonds. The number of rotatable bonds is 3. The van der Waals surface area contributed by atoms with Crippen LogP contribution in [0.3, 0.4) is 0 Å². The maximum absolute atomic E-state index is 7.04. The third kappa shape index (κ3) is 6.40. The standard InChI is InChI=1S/C66H59BN2OS/c1-63(2)30-32-65(5,6)52-35-40(22-27-50(52)63)39-20-25-44(26-21-39)68-55-29-24-42(41-23-28-51-53(36-41)66(7,8)33-31-64(51,3)4)37-54(55)67-69-59-45(16-13-17-48(59)62-60(69)47-15-10-12-19-58(47)71-62)43-34-49-46-14-9-11-18-57(46)70-61(49)56(68)38-43/h9-29,34-38,67H,30-33H2,1-8H3. The zero-order chi connectivity index (χ0) is 48.3. The SMILES string of the molecule is CC1(C)CCC(C)(C)c2cc(-c3ccc(N4c5ccc(-c6ccc7c(c6)C(C)(C)CCC7(C)C)cc5Bn5c6c(cccc6c6sc7ccccc7c65)-c5cc4c4oc6ccccc6c4c5)cc3)ccc21. The van der Waals surface area contributed by atoms with E-state index in [1.165, 1.54) is 118 Å². The van der Waals surface area contributed by atoms with Gasteiger partial charge >= 0.3 is 0 Å². The summed E-state index contributed by atoms with van der Waals surface area (Å²) >= 11 is 1.92. The summed E-state index contributed by atoms with van der Waals surface area (Å²) in [6.07, 6.45) is 4.78. The number of hydrogen-bond donors (Lipinski definition) is 0. The second kappa shape index (κ2) is 14.9. The zero-order valence-corrected chi connectivity index (χ0v) is 43.1. The van der Waals surface area contributed by atoms with Crippen LogP contribution in [0.15, 0.2) is 162 Å². The summed E-state index contributed by atoms with van der Waals surface area (Å²) in [5.74, 6) is 0. The highest BCUT2D eigenvalue weighted by atomic mass is 32.1. The van der Waals surface area contributed by atoms with Crippen LogP contribution in [-0.2, 0) is 21.7 Å². The number of furan rings is 1. The molecule has 3 nitrogen and oxygen atoms in total. The normalized spacial score (nSPS) is 17.3. The van der Waals surface area contributed by atoms with Gasteiger partial charge in [0.05, 0.1) is 15.9 Å². The fourth-order valence-corrected chi connectivity index (χ4v) is 14.4. The van der Waals surface area contributed by atoms with Crippen molar-refractivity contribution in [2.24, 2.45) is 0 Å². The molecule has 5 heteroatoms. The van der Waals surface area contributed by atoms with Crippen molar-refractivity contribution in [3.05, 3.63) is 180 Å². The summed E-state index contributed by atoms with van der Waals surface area (Å²) in [5, 5.41) is 4.86. The molecule has 4 heterocycles. The van der Waals surface area contributed by atoms with Crippen LogP contribution in [0.1, 0.15) is 103 Å². The van der Waals surface area contributed by atoms with Crippen molar-refractivity contribution in [1.29, 1.82) is 0 Å². The van der Waals surface area contributed by atoms with Gasteiger partial charge in [-0.1, -0.05) is 171 Å². The molecule has 0 atom stereocenters. The Labute approximate surface area is 422 Å². The lowest BCUT2D eigenvalue weighted by molar-refractivity contribution is 0.332. The monoisotopic (exact) mass is 938 g/mol. The second-order valence-electron chi connectivity index (χ2n) is 23.8. The van der Waals surface area contributed by atoms with E-state index in [4.69, 9.17) is 4.42 Å². The number of fused-ring (bicyclic) bond motifs is 15. The summed E-state index contributed by atoms with van der Waals surface area (Å²) in [4.78, 5) is 2.51. The summed E-state index contributed by atoms with van der Waals surface area (Å²) < 4.78 is 12.4. The molecule has 0 radical (unpaired) electrons. The smallest absolute Gasteiger partial charge is 0.278 e. The third-order valence-electron chi connectivity index (χ3n) is 17.5. The van der Waals surface area contributed by atoms with E-state index in [1.807, 2.05) is 11.3 Å². The topological polar surface area (TPSA) is 21.3 Å². The van der Waals surface area contributed by atoms with Crippen LogP contribution in [0, 0.1) is 0 Å². The van der Waals surface area contributed by atoms with E-state index < -0.39 is 0 Å². The minimum atomic E-state index is 0.102. The van der Waals surface area contributed by atoms with Gasteiger partial charge in [0.25, 0.3) is 7.41 Å². The van der Waals surface area contributed by atoms with Gasteiger partial charge in [0.15, 0.2) is 5.58 Å². The van der Waals surface area contributed by atoms with Crippen LogP contribution in [0.4, 0.5) is 17.1 Å². The molecule has 11 aromatic rings. The van der Waals surface area contributed by atoms with Crippen LogP contribution >= 0.6 is 11.3 Å². The van der Waals surface area contributed by atoms with Crippen molar-refractivity contribution in [2.45, 2.75) is 103 Å². The Kier molecular flexibility index (Phi) is 9.01. The van der Waals surface area contributed by atoms with Crippen molar-refractivity contribution in [2.75, 3.05) is 4.90 Å². The van der Waals surface area contributed by atoms with Crippen molar-refractivity contribution < 1.29 is 4.42 Å². The van der Waals surface area contributed by atoms with Gasteiger partial charge < -0.3 is 13.8 Å². The molecule has 348 valence electrons. The van der Waals surface area contributed by atoms with Crippen molar-refractivity contribution >= 4 is 94.4 Å². The molecule has 3 aromatic heterocycles. The number of anilines is 3. The largest absolute Gasteiger partial charge is 0.454 e. The van der Waals surface area contributed by atoms with Crippen LogP contribution in [-0.4, -0.2) is 11.9 Å².